The molecule has 0 radical (unpaired) electrons. The molecule has 2 N–H and O–H groups in total. The van der Waals surface area contributed by atoms with Crippen LogP contribution in [-0.2, 0) is 16.6 Å². The number of hydrogen-bond acceptors (Lipinski definition) is 6. The Morgan fingerprint density at radius 1 is 1.23 bits per heavy atom. The number of carbonyl (C=O) groups excluding carboxylic acids is 1. The van der Waals surface area contributed by atoms with E-state index < -0.39 is 21.7 Å². The molecule has 3 aromatic rings. The van der Waals surface area contributed by atoms with Crippen LogP contribution < -0.4 is 14.8 Å². The normalized spacial score (nSPS) is 11.8. The summed E-state index contributed by atoms with van der Waals surface area (Å²) in [6.07, 6.45) is 0. The molecule has 1 amide bonds. The molecule has 0 spiro atoms. The minimum Gasteiger partial charge on any atom is -0.494 e. The number of amides is 1. The van der Waals surface area contributed by atoms with Gasteiger partial charge in [-0.3, -0.25) is 4.79 Å². The Morgan fingerprint density at radius 3 is 2.67 bits per heavy atom. The first-order valence-electron chi connectivity index (χ1n) is 9.18. The number of benzene rings is 2. The van der Waals surface area contributed by atoms with E-state index in [0.29, 0.717) is 17.6 Å². The maximum atomic E-state index is 13.7. The number of fused-ring (bicyclic) bond motifs is 1. The van der Waals surface area contributed by atoms with E-state index in [-0.39, 0.29) is 28.8 Å². The Bertz CT molecular complexity index is 1180. The number of rotatable bonds is 8. The fourth-order valence-electron chi connectivity index (χ4n) is 2.85. The zero-order valence-corrected chi connectivity index (χ0v) is 17.5. The summed E-state index contributed by atoms with van der Waals surface area (Å²) in [4.78, 5) is 12.3. The molecule has 0 fully saturated rings. The minimum atomic E-state index is -3.63. The van der Waals surface area contributed by atoms with Crippen molar-refractivity contribution < 1.29 is 22.3 Å². The first kappa shape index (κ1) is 21.7. The molecular formula is C19H22FN5O4S. The summed E-state index contributed by atoms with van der Waals surface area (Å²) in [6, 6.07) is 8.26. The van der Waals surface area contributed by atoms with Gasteiger partial charge < -0.3 is 10.1 Å². The van der Waals surface area contributed by atoms with Crippen molar-refractivity contribution in [3.05, 3.63) is 47.8 Å². The minimum absolute atomic E-state index is 0.0608. The van der Waals surface area contributed by atoms with E-state index in [2.05, 4.69) is 20.4 Å². The molecule has 9 nitrogen and oxygen atoms in total. The maximum absolute atomic E-state index is 13.7. The molecule has 1 heterocycles. The predicted molar refractivity (Wildman–Crippen MR) is 108 cm³/mol. The molecule has 0 aliphatic rings. The Morgan fingerprint density at radius 2 is 2.00 bits per heavy atom. The lowest BCUT2D eigenvalue weighted by Gasteiger charge is -2.09. The summed E-state index contributed by atoms with van der Waals surface area (Å²) in [7, 11) is -2.29. The summed E-state index contributed by atoms with van der Waals surface area (Å²) in [6.45, 7) is 4.00. The molecule has 0 unspecified atom stereocenters. The number of sulfonamides is 1. The molecule has 1 aromatic heterocycles. The van der Waals surface area contributed by atoms with Gasteiger partial charge in [0, 0.05) is 18.2 Å². The van der Waals surface area contributed by atoms with E-state index in [1.54, 1.807) is 24.6 Å². The number of nitrogens with zero attached hydrogens (tertiary/aromatic N) is 3. The smallest absolute Gasteiger partial charge is 0.251 e. The van der Waals surface area contributed by atoms with Crippen LogP contribution in [0, 0.1) is 5.82 Å². The standard InChI is InChI=1S/C19H22FN5O4S/c1-12(2)23-30(27,28)14-5-6-17-16(11-14)22-24-25(17)9-8-21-19(26)13-4-7-18(29-3)15(20)10-13/h4-7,10-12,23H,8-9H2,1-3H3,(H,21,26). The third-order valence-electron chi connectivity index (χ3n) is 4.21. The fraction of sp³-hybridized carbons (Fsp3) is 0.316. The van der Waals surface area contributed by atoms with Crippen LogP contribution in [0.3, 0.4) is 0 Å². The van der Waals surface area contributed by atoms with Crippen molar-refractivity contribution in [1.29, 1.82) is 0 Å². The molecular weight excluding hydrogens is 413 g/mol. The lowest BCUT2D eigenvalue weighted by molar-refractivity contribution is 0.0951. The number of halogens is 1. The van der Waals surface area contributed by atoms with Gasteiger partial charge in [-0.25, -0.2) is 22.2 Å². The summed E-state index contributed by atoms with van der Waals surface area (Å²) < 4.78 is 47.2. The third-order valence-corrected chi connectivity index (χ3v) is 5.87. The molecule has 2 aromatic carbocycles. The second-order valence-electron chi connectivity index (χ2n) is 6.84. The van der Waals surface area contributed by atoms with Crippen LogP contribution in [-0.4, -0.2) is 49.0 Å². The van der Waals surface area contributed by atoms with Gasteiger partial charge in [-0.1, -0.05) is 5.21 Å². The van der Waals surface area contributed by atoms with Crippen molar-refractivity contribution in [2.24, 2.45) is 0 Å². The van der Waals surface area contributed by atoms with Gasteiger partial charge in [0.2, 0.25) is 10.0 Å². The third kappa shape index (κ3) is 4.74. The van der Waals surface area contributed by atoms with Crippen molar-refractivity contribution in [3.63, 3.8) is 0 Å². The average Bonchev–Trinajstić information content (AvgIpc) is 3.09. The Balaban J connectivity index is 1.67. The zero-order valence-electron chi connectivity index (χ0n) is 16.7. The van der Waals surface area contributed by atoms with Crippen LogP contribution in [0.5, 0.6) is 5.75 Å². The van der Waals surface area contributed by atoms with Crippen molar-refractivity contribution in [2.45, 2.75) is 31.3 Å². The van der Waals surface area contributed by atoms with Gasteiger partial charge in [0.05, 0.1) is 24.1 Å². The van der Waals surface area contributed by atoms with Gasteiger partial charge in [0.1, 0.15) is 5.52 Å². The predicted octanol–water partition coefficient (Wildman–Crippen LogP) is 1.70. The second-order valence-corrected chi connectivity index (χ2v) is 8.56. The quantitative estimate of drug-likeness (QED) is 0.557. The van der Waals surface area contributed by atoms with Gasteiger partial charge in [0.25, 0.3) is 5.91 Å². The largest absolute Gasteiger partial charge is 0.494 e. The highest BCUT2D eigenvalue weighted by atomic mass is 32.2. The Hall–Kier alpha value is -3.05. The van der Waals surface area contributed by atoms with Crippen molar-refractivity contribution in [2.75, 3.05) is 13.7 Å². The summed E-state index contributed by atoms with van der Waals surface area (Å²) >= 11 is 0. The Kier molecular flexibility index (Phi) is 6.32. The first-order valence-corrected chi connectivity index (χ1v) is 10.7. The molecule has 160 valence electrons. The zero-order chi connectivity index (χ0) is 21.9. The van der Waals surface area contributed by atoms with Gasteiger partial charge >= 0.3 is 0 Å². The monoisotopic (exact) mass is 435 g/mol. The van der Waals surface area contributed by atoms with Crippen LogP contribution in [0.15, 0.2) is 41.3 Å². The second kappa shape index (κ2) is 8.76. The van der Waals surface area contributed by atoms with Crippen molar-refractivity contribution in [1.82, 2.24) is 25.0 Å². The average molecular weight is 435 g/mol. The van der Waals surface area contributed by atoms with E-state index in [4.69, 9.17) is 4.74 Å². The van der Waals surface area contributed by atoms with Crippen LogP contribution in [0.25, 0.3) is 11.0 Å². The van der Waals surface area contributed by atoms with E-state index in [1.807, 2.05) is 0 Å². The van der Waals surface area contributed by atoms with E-state index in [0.717, 1.165) is 6.07 Å². The van der Waals surface area contributed by atoms with Gasteiger partial charge in [-0.15, -0.1) is 5.10 Å². The SMILES string of the molecule is COc1ccc(C(=O)NCCn2nnc3cc(S(=O)(=O)NC(C)C)ccc32)cc1F. The number of hydrogen-bond donors (Lipinski definition) is 2. The van der Waals surface area contributed by atoms with Gasteiger partial charge in [-0.05, 0) is 50.2 Å². The topological polar surface area (TPSA) is 115 Å². The molecule has 30 heavy (non-hydrogen) atoms. The number of aromatic nitrogens is 3. The van der Waals surface area contributed by atoms with E-state index >= 15 is 0 Å². The van der Waals surface area contributed by atoms with Crippen LogP contribution >= 0.6 is 0 Å². The number of ether oxygens (including phenoxy) is 1. The van der Waals surface area contributed by atoms with E-state index in [1.165, 1.54) is 31.4 Å². The fourth-order valence-corrected chi connectivity index (χ4v) is 4.12. The maximum Gasteiger partial charge on any atom is 0.251 e. The van der Waals surface area contributed by atoms with Crippen molar-refractivity contribution in [3.8, 4) is 5.75 Å². The molecule has 3 rings (SSSR count). The molecule has 0 aliphatic heterocycles. The molecule has 0 saturated heterocycles. The van der Waals surface area contributed by atoms with E-state index in [9.17, 15) is 17.6 Å². The number of methoxy groups -OCH3 is 1. The molecule has 0 aliphatic carbocycles. The highest BCUT2D eigenvalue weighted by Gasteiger charge is 2.17. The molecule has 0 saturated carbocycles. The highest BCUT2D eigenvalue weighted by Crippen LogP contribution is 2.18. The summed E-state index contributed by atoms with van der Waals surface area (Å²) in [5.74, 6) is -0.996. The van der Waals surface area contributed by atoms with Crippen LogP contribution in [0.2, 0.25) is 0 Å². The van der Waals surface area contributed by atoms with Gasteiger partial charge in [-0.2, -0.15) is 0 Å². The summed E-state index contributed by atoms with van der Waals surface area (Å²) in [5, 5.41) is 10.7. The van der Waals surface area contributed by atoms with Crippen LogP contribution in [0.4, 0.5) is 4.39 Å². The van der Waals surface area contributed by atoms with Crippen molar-refractivity contribution >= 4 is 27.0 Å². The molecule has 0 atom stereocenters. The number of carbonyl (C=O) groups is 1. The van der Waals surface area contributed by atoms with Gasteiger partial charge in [0.15, 0.2) is 11.6 Å². The lowest BCUT2D eigenvalue weighted by Crippen LogP contribution is -2.30. The number of nitrogens with one attached hydrogen (secondary N) is 2. The first-order chi connectivity index (χ1) is 14.2. The summed E-state index contributed by atoms with van der Waals surface area (Å²) in [5.41, 5.74) is 1.22. The molecule has 0 bridgehead atoms. The Labute approximate surface area is 173 Å². The molecule has 11 heteroatoms. The lowest BCUT2D eigenvalue weighted by atomic mass is 10.2. The highest BCUT2D eigenvalue weighted by molar-refractivity contribution is 7.89. The van der Waals surface area contributed by atoms with Crippen LogP contribution in [0.1, 0.15) is 24.2 Å².